The highest BCUT2D eigenvalue weighted by atomic mass is 32.1. The number of nitrogens with zero attached hydrogens (tertiary/aromatic N) is 2. The molecule has 184 valence electrons. The molecule has 1 unspecified atom stereocenters. The first-order chi connectivity index (χ1) is 17.2. The van der Waals surface area contributed by atoms with Gasteiger partial charge in [0.2, 0.25) is 0 Å². The third-order valence-corrected chi connectivity index (χ3v) is 7.92. The number of aliphatic hydroxyl groups excluding tert-OH is 1. The number of hydrogen-bond donors (Lipinski definition) is 1. The molecule has 3 heterocycles. The van der Waals surface area contributed by atoms with Gasteiger partial charge in [-0.25, -0.2) is 13.8 Å². The van der Waals surface area contributed by atoms with E-state index in [2.05, 4.69) is 4.98 Å². The zero-order chi connectivity index (χ0) is 25.7. The van der Waals surface area contributed by atoms with Gasteiger partial charge in [-0.15, -0.1) is 11.3 Å². The van der Waals surface area contributed by atoms with E-state index in [4.69, 9.17) is 4.74 Å². The van der Waals surface area contributed by atoms with Gasteiger partial charge in [0.25, 0.3) is 5.78 Å². The molecule has 0 aliphatic carbocycles. The molecular formula is C26H20F2N2O4S2. The molecule has 10 heteroatoms. The van der Waals surface area contributed by atoms with Gasteiger partial charge in [0, 0.05) is 16.5 Å². The van der Waals surface area contributed by atoms with Crippen molar-refractivity contribution in [3.8, 4) is 5.75 Å². The highest BCUT2D eigenvalue weighted by Gasteiger charge is 2.48. The number of ketones is 1. The molecule has 1 amide bonds. The highest BCUT2D eigenvalue weighted by molar-refractivity contribution is 7.22. The molecule has 2 aromatic carbocycles. The minimum absolute atomic E-state index is 0.0339. The number of benzene rings is 2. The van der Waals surface area contributed by atoms with Gasteiger partial charge >= 0.3 is 5.91 Å². The summed E-state index contributed by atoms with van der Waals surface area (Å²) in [6.45, 7) is 3.95. The number of amides is 1. The number of halogens is 2. The Bertz CT molecular complexity index is 1540. The summed E-state index contributed by atoms with van der Waals surface area (Å²) in [6.07, 6.45) is 0. The maximum atomic E-state index is 14.4. The Balaban J connectivity index is 1.71. The van der Waals surface area contributed by atoms with Crippen LogP contribution in [0.15, 0.2) is 53.4 Å². The van der Waals surface area contributed by atoms with Crippen LogP contribution in [0.2, 0.25) is 0 Å². The molecule has 0 radical (unpaired) electrons. The van der Waals surface area contributed by atoms with Crippen LogP contribution in [0.4, 0.5) is 13.9 Å². The van der Waals surface area contributed by atoms with E-state index in [1.165, 1.54) is 11.3 Å². The monoisotopic (exact) mass is 526 g/mol. The van der Waals surface area contributed by atoms with Crippen LogP contribution in [0, 0.1) is 11.6 Å². The average molecular weight is 527 g/mol. The van der Waals surface area contributed by atoms with Crippen molar-refractivity contribution in [3.63, 3.8) is 0 Å². The molecule has 6 nitrogen and oxygen atoms in total. The summed E-state index contributed by atoms with van der Waals surface area (Å²) in [5.74, 6) is -3.06. The van der Waals surface area contributed by atoms with Crippen molar-refractivity contribution >= 4 is 55.5 Å². The van der Waals surface area contributed by atoms with E-state index in [0.29, 0.717) is 22.3 Å². The molecule has 1 fully saturated rings. The molecule has 1 saturated heterocycles. The van der Waals surface area contributed by atoms with Gasteiger partial charge in [-0.1, -0.05) is 31.3 Å². The van der Waals surface area contributed by atoms with Crippen LogP contribution in [-0.4, -0.2) is 28.9 Å². The number of ether oxygens (including phenoxy) is 1. The summed E-state index contributed by atoms with van der Waals surface area (Å²) >= 11 is 2.19. The lowest BCUT2D eigenvalue weighted by Crippen LogP contribution is -2.28. The molecule has 2 aromatic heterocycles. The van der Waals surface area contributed by atoms with Crippen LogP contribution in [0.1, 0.15) is 41.8 Å². The van der Waals surface area contributed by atoms with Gasteiger partial charge in [0.1, 0.15) is 28.9 Å². The molecule has 0 spiro atoms. The van der Waals surface area contributed by atoms with Crippen LogP contribution >= 0.6 is 22.7 Å². The van der Waals surface area contributed by atoms with Crippen molar-refractivity contribution in [3.05, 3.63) is 81.1 Å². The number of carbonyl (C=O) groups excluding carboxylic acids is 2. The van der Waals surface area contributed by atoms with E-state index in [-0.39, 0.29) is 32.6 Å². The Labute approximate surface area is 213 Å². The number of carbonyl (C=O) groups is 2. The van der Waals surface area contributed by atoms with Crippen LogP contribution in [0.25, 0.3) is 16.0 Å². The van der Waals surface area contributed by atoms with E-state index in [1.807, 2.05) is 13.8 Å². The number of thiophene rings is 1. The fraction of sp³-hybridized carbons (Fsp3) is 0.192. The lowest BCUT2D eigenvalue weighted by Gasteiger charge is -2.21. The second-order valence-corrected chi connectivity index (χ2v) is 10.5. The van der Waals surface area contributed by atoms with Crippen LogP contribution in [-0.2, 0) is 9.59 Å². The van der Waals surface area contributed by atoms with E-state index in [0.717, 1.165) is 27.9 Å². The molecule has 36 heavy (non-hydrogen) atoms. The normalized spacial score (nSPS) is 17.5. The first-order valence-corrected chi connectivity index (χ1v) is 12.7. The molecule has 1 aliphatic rings. The highest BCUT2D eigenvalue weighted by Crippen LogP contribution is 2.46. The van der Waals surface area contributed by atoms with Crippen LogP contribution in [0.3, 0.4) is 0 Å². The Morgan fingerprint density at radius 2 is 1.94 bits per heavy atom. The summed E-state index contributed by atoms with van der Waals surface area (Å²) in [4.78, 5) is 32.6. The molecule has 1 N–H and O–H groups in total. The number of fused-ring (bicyclic) bond motifs is 1. The van der Waals surface area contributed by atoms with Crippen molar-refractivity contribution in [1.82, 2.24) is 4.98 Å². The van der Waals surface area contributed by atoms with Crippen LogP contribution in [0.5, 0.6) is 5.75 Å². The molecule has 0 bridgehead atoms. The Morgan fingerprint density at radius 1 is 1.17 bits per heavy atom. The standard InChI is InChI=1S/C26H20F2N2O4S2/c1-12(2)15-9-13(6-7-17(15)34-3)23(31)20-22(18-5-4-8-35-18)30(25(33)24(20)32)26-29-21-16(28)10-14(27)11-19(21)36-26/h4-12,22,31H,1-3H3/b23-20+. The van der Waals surface area contributed by atoms with Crippen molar-refractivity contribution < 1.29 is 28.2 Å². The number of Topliss-reactive ketones (excluding diaryl/α,β-unsaturated/α-hetero) is 1. The van der Waals surface area contributed by atoms with E-state index in [1.54, 1.807) is 42.8 Å². The molecular weight excluding hydrogens is 506 g/mol. The topological polar surface area (TPSA) is 79.7 Å². The number of rotatable bonds is 5. The SMILES string of the molecule is COc1ccc(/C(O)=C2\C(=O)C(=O)N(c3nc4c(F)cc(F)cc4s3)C2c2cccs2)cc1C(C)C. The summed E-state index contributed by atoms with van der Waals surface area (Å²) in [5.41, 5.74) is 0.983. The van der Waals surface area contributed by atoms with Crippen molar-refractivity contribution in [2.75, 3.05) is 12.0 Å². The quantitative estimate of drug-likeness (QED) is 0.185. The first kappa shape index (κ1) is 24.1. The zero-order valence-corrected chi connectivity index (χ0v) is 21.0. The fourth-order valence-electron chi connectivity index (χ4n) is 4.28. The van der Waals surface area contributed by atoms with Gasteiger partial charge in [0.05, 0.1) is 17.4 Å². The largest absolute Gasteiger partial charge is 0.507 e. The van der Waals surface area contributed by atoms with Gasteiger partial charge in [-0.3, -0.25) is 14.5 Å². The minimum Gasteiger partial charge on any atom is -0.507 e. The molecule has 5 rings (SSSR count). The third-order valence-electron chi connectivity index (χ3n) is 5.99. The number of hydrogen-bond acceptors (Lipinski definition) is 7. The van der Waals surface area contributed by atoms with Crippen LogP contribution < -0.4 is 9.64 Å². The second kappa shape index (κ2) is 9.11. The summed E-state index contributed by atoms with van der Waals surface area (Å²) in [7, 11) is 1.55. The van der Waals surface area contributed by atoms with Gasteiger partial charge in [-0.05, 0) is 47.2 Å². The molecule has 4 aromatic rings. The lowest BCUT2D eigenvalue weighted by atomic mass is 9.95. The predicted molar refractivity (Wildman–Crippen MR) is 136 cm³/mol. The van der Waals surface area contributed by atoms with E-state index in [9.17, 15) is 23.5 Å². The van der Waals surface area contributed by atoms with E-state index < -0.39 is 29.4 Å². The fourth-order valence-corrected chi connectivity index (χ4v) is 6.14. The Morgan fingerprint density at radius 3 is 2.61 bits per heavy atom. The smallest absolute Gasteiger partial charge is 0.301 e. The number of methoxy groups -OCH3 is 1. The Hall–Kier alpha value is -3.63. The first-order valence-electron chi connectivity index (χ1n) is 11.0. The van der Waals surface area contributed by atoms with Crippen molar-refractivity contribution in [1.29, 1.82) is 0 Å². The van der Waals surface area contributed by atoms with Gasteiger partial charge < -0.3 is 9.84 Å². The maximum absolute atomic E-state index is 14.4. The van der Waals surface area contributed by atoms with Gasteiger partial charge in [-0.2, -0.15) is 0 Å². The maximum Gasteiger partial charge on any atom is 0.301 e. The molecule has 0 saturated carbocycles. The number of aliphatic hydroxyl groups is 1. The van der Waals surface area contributed by atoms with Crippen molar-refractivity contribution in [2.45, 2.75) is 25.8 Å². The van der Waals surface area contributed by atoms with E-state index >= 15 is 0 Å². The number of aromatic nitrogens is 1. The summed E-state index contributed by atoms with van der Waals surface area (Å²) < 4.78 is 33.8. The third kappa shape index (κ3) is 3.86. The number of anilines is 1. The van der Waals surface area contributed by atoms with Crippen molar-refractivity contribution in [2.24, 2.45) is 0 Å². The molecule has 1 atom stereocenters. The predicted octanol–water partition coefficient (Wildman–Crippen LogP) is 6.39. The van der Waals surface area contributed by atoms with Gasteiger partial charge in [0.15, 0.2) is 10.9 Å². The summed E-state index contributed by atoms with van der Waals surface area (Å²) in [6, 6.07) is 9.41. The summed E-state index contributed by atoms with van der Waals surface area (Å²) in [5, 5.41) is 13.2. The molecule has 1 aliphatic heterocycles. The number of thiazole rings is 1. The average Bonchev–Trinajstić information content (AvgIpc) is 3.57. The Kier molecular flexibility index (Phi) is 6.09. The second-order valence-electron chi connectivity index (χ2n) is 8.53. The minimum atomic E-state index is -0.983. The lowest BCUT2D eigenvalue weighted by molar-refractivity contribution is -0.132. The zero-order valence-electron chi connectivity index (χ0n) is 19.4.